The molecule has 148 valence electrons. The van der Waals surface area contributed by atoms with E-state index in [1.165, 1.54) is 30.4 Å². The molecule has 0 bridgehead atoms. The van der Waals surface area contributed by atoms with Crippen LogP contribution in [-0.4, -0.2) is 11.1 Å². The fraction of sp³-hybridized carbons (Fsp3) is 0.833. The van der Waals surface area contributed by atoms with Gasteiger partial charge in [0.1, 0.15) is 0 Å². The third-order valence-electron chi connectivity index (χ3n) is 9.21. The first-order valence-electron chi connectivity index (χ1n) is 11.1. The summed E-state index contributed by atoms with van der Waals surface area (Å²) >= 11 is 0. The molecular weight excluding hydrogens is 316 g/mol. The van der Waals surface area contributed by atoms with Gasteiger partial charge in [-0.25, -0.2) is 0 Å². The lowest BCUT2D eigenvalue weighted by atomic mass is 9.45. The van der Waals surface area contributed by atoms with Crippen LogP contribution in [0.1, 0.15) is 92.4 Å². The number of hydrogen-bond acceptors (Lipinski definition) is 2. The smallest absolute Gasteiger partial charge is 0.0409 e. The van der Waals surface area contributed by atoms with E-state index in [2.05, 4.69) is 47.3 Å². The number of fused-ring (bicyclic) bond motifs is 3. The van der Waals surface area contributed by atoms with Gasteiger partial charge in [0.15, 0.2) is 0 Å². The minimum Gasteiger partial charge on any atom is -0.324 e. The SMILES string of the molecule is C=C(CC)C1CCC2C3(N)CCC(N)(CC)C(C)(CCC)C3=CCC12C. The molecule has 2 heteroatoms. The van der Waals surface area contributed by atoms with Crippen LogP contribution in [0.4, 0.5) is 0 Å². The maximum absolute atomic E-state index is 7.37. The molecule has 3 rings (SSSR count). The highest BCUT2D eigenvalue weighted by Gasteiger charge is 2.64. The second-order valence-electron chi connectivity index (χ2n) is 10.2. The van der Waals surface area contributed by atoms with Crippen molar-refractivity contribution in [1.82, 2.24) is 0 Å². The van der Waals surface area contributed by atoms with Gasteiger partial charge in [-0.05, 0) is 74.2 Å². The van der Waals surface area contributed by atoms with Crippen LogP contribution in [0.25, 0.3) is 0 Å². The minimum atomic E-state index is -0.169. The molecule has 0 aliphatic heterocycles. The Morgan fingerprint density at radius 2 is 1.85 bits per heavy atom. The Bertz CT molecular complexity index is 607. The normalized spacial score (nSPS) is 47.9. The quantitative estimate of drug-likeness (QED) is 0.617. The number of hydrogen-bond donors (Lipinski definition) is 2. The summed E-state index contributed by atoms with van der Waals surface area (Å²) in [6.45, 7) is 16.2. The molecule has 3 aliphatic carbocycles. The van der Waals surface area contributed by atoms with Gasteiger partial charge >= 0.3 is 0 Å². The molecule has 2 fully saturated rings. The molecule has 0 radical (unpaired) electrons. The van der Waals surface area contributed by atoms with Gasteiger partial charge in [0.05, 0.1) is 0 Å². The molecule has 4 N–H and O–H groups in total. The van der Waals surface area contributed by atoms with Gasteiger partial charge in [-0.3, -0.25) is 0 Å². The van der Waals surface area contributed by atoms with Gasteiger partial charge in [0.25, 0.3) is 0 Å². The molecule has 0 saturated heterocycles. The first-order valence-corrected chi connectivity index (χ1v) is 11.1. The monoisotopic (exact) mass is 358 g/mol. The van der Waals surface area contributed by atoms with Crippen molar-refractivity contribution < 1.29 is 0 Å². The lowest BCUT2D eigenvalue weighted by Gasteiger charge is -2.63. The van der Waals surface area contributed by atoms with Gasteiger partial charge in [-0.2, -0.15) is 0 Å². The van der Waals surface area contributed by atoms with E-state index in [0.29, 0.717) is 11.8 Å². The Labute approximate surface area is 161 Å². The highest BCUT2D eigenvalue weighted by Crippen LogP contribution is 2.66. The maximum Gasteiger partial charge on any atom is 0.0409 e. The second kappa shape index (κ2) is 6.48. The fourth-order valence-corrected chi connectivity index (χ4v) is 7.46. The van der Waals surface area contributed by atoms with Gasteiger partial charge in [0.2, 0.25) is 0 Å². The second-order valence-corrected chi connectivity index (χ2v) is 10.2. The molecule has 0 spiro atoms. The third-order valence-corrected chi connectivity index (χ3v) is 9.21. The fourth-order valence-electron chi connectivity index (χ4n) is 7.46. The van der Waals surface area contributed by atoms with Crippen molar-refractivity contribution in [3.8, 4) is 0 Å². The van der Waals surface area contributed by atoms with Crippen LogP contribution >= 0.6 is 0 Å². The van der Waals surface area contributed by atoms with Crippen molar-refractivity contribution in [1.29, 1.82) is 0 Å². The summed E-state index contributed by atoms with van der Waals surface area (Å²) in [5.74, 6) is 1.20. The van der Waals surface area contributed by atoms with Gasteiger partial charge < -0.3 is 11.5 Å². The number of nitrogens with two attached hydrogens (primary N) is 2. The number of allylic oxidation sites excluding steroid dienone is 2. The van der Waals surface area contributed by atoms with E-state index in [4.69, 9.17) is 11.5 Å². The van der Waals surface area contributed by atoms with E-state index in [-0.39, 0.29) is 21.9 Å². The lowest BCUT2D eigenvalue weighted by molar-refractivity contribution is 0.0171. The van der Waals surface area contributed by atoms with E-state index < -0.39 is 0 Å². The largest absolute Gasteiger partial charge is 0.324 e. The summed E-state index contributed by atoms with van der Waals surface area (Å²) < 4.78 is 0. The molecule has 2 nitrogen and oxygen atoms in total. The predicted molar refractivity (Wildman–Crippen MR) is 113 cm³/mol. The van der Waals surface area contributed by atoms with Crippen molar-refractivity contribution >= 4 is 0 Å². The van der Waals surface area contributed by atoms with Crippen LogP contribution in [0.2, 0.25) is 0 Å². The van der Waals surface area contributed by atoms with Crippen LogP contribution in [0.3, 0.4) is 0 Å². The Balaban J connectivity index is 2.08. The van der Waals surface area contributed by atoms with Crippen LogP contribution in [0.5, 0.6) is 0 Å². The minimum absolute atomic E-state index is 0.0324. The Morgan fingerprint density at radius 1 is 1.15 bits per heavy atom. The van der Waals surface area contributed by atoms with E-state index in [1.807, 2.05) is 0 Å². The molecule has 26 heavy (non-hydrogen) atoms. The molecule has 0 aromatic carbocycles. The van der Waals surface area contributed by atoms with Gasteiger partial charge in [-0.15, -0.1) is 0 Å². The molecular formula is C24H42N2. The number of rotatable bonds is 5. The summed E-state index contributed by atoms with van der Waals surface area (Å²) in [6, 6.07) is 0. The predicted octanol–water partition coefficient (Wildman–Crippen LogP) is 5.72. The molecule has 2 saturated carbocycles. The van der Waals surface area contributed by atoms with Crippen LogP contribution in [0.15, 0.2) is 23.8 Å². The zero-order chi connectivity index (χ0) is 19.4. The van der Waals surface area contributed by atoms with E-state index in [0.717, 1.165) is 38.5 Å². The zero-order valence-electron chi connectivity index (χ0n) is 18.0. The average molecular weight is 359 g/mol. The molecule has 0 aromatic heterocycles. The third kappa shape index (κ3) is 2.44. The van der Waals surface area contributed by atoms with Gasteiger partial charge in [-0.1, -0.05) is 59.3 Å². The Kier molecular flexibility index (Phi) is 5.02. The Hall–Kier alpha value is -0.600. The van der Waals surface area contributed by atoms with E-state index in [1.54, 1.807) is 0 Å². The van der Waals surface area contributed by atoms with Crippen molar-refractivity contribution in [2.24, 2.45) is 34.1 Å². The lowest BCUT2D eigenvalue weighted by Crippen LogP contribution is -2.69. The van der Waals surface area contributed by atoms with Crippen molar-refractivity contribution in [3.63, 3.8) is 0 Å². The van der Waals surface area contributed by atoms with Crippen molar-refractivity contribution in [3.05, 3.63) is 23.8 Å². The van der Waals surface area contributed by atoms with Gasteiger partial charge in [0, 0.05) is 16.5 Å². The Morgan fingerprint density at radius 3 is 2.42 bits per heavy atom. The zero-order valence-corrected chi connectivity index (χ0v) is 18.0. The van der Waals surface area contributed by atoms with Crippen molar-refractivity contribution in [2.45, 2.75) is 103 Å². The molecule has 3 aliphatic rings. The summed E-state index contributed by atoms with van der Waals surface area (Å²) in [7, 11) is 0. The summed E-state index contributed by atoms with van der Waals surface area (Å²) in [5, 5.41) is 0. The summed E-state index contributed by atoms with van der Waals surface area (Å²) in [6.07, 6.45) is 12.8. The molecule has 0 aromatic rings. The van der Waals surface area contributed by atoms with E-state index >= 15 is 0 Å². The van der Waals surface area contributed by atoms with E-state index in [9.17, 15) is 0 Å². The summed E-state index contributed by atoms with van der Waals surface area (Å²) in [4.78, 5) is 0. The maximum atomic E-state index is 7.37. The highest BCUT2D eigenvalue weighted by molar-refractivity contribution is 5.41. The molecule has 0 amide bonds. The van der Waals surface area contributed by atoms with Crippen LogP contribution in [0, 0.1) is 22.7 Å². The topological polar surface area (TPSA) is 52.0 Å². The first kappa shape index (κ1) is 20.1. The molecule has 6 atom stereocenters. The molecule has 0 heterocycles. The van der Waals surface area contributed by atoms with Crippen molar-refractivity contribution in [2.75, 3.05) is 0 Å². The average Bonchev–Trinajstić information content (AvgIpc) is 2.97. The van der Waals surface area contributed by atoms with Crippen LogP contribution in [-0.2, 0) is 0 Å². The standard InChI is InChI=1S/C24H42N2/c1-7-13-22(6)20-12-14-21(5)18(17(4)8-2)10-11-19(21)24(20,26)16-15-23(22,25)9-3/h12,18-19H,4,7-11,13-16,25-26H2,1-3,5-6H3. The first-order chi connectivity index (χ1) is 12.1. The van der Waals surface area contributed by atoms with Crippen LogP contribution < -0.4 is 11.5 Å². The molecule has 6 unspecified atom stereocenters. The highest BCUT2D eigenvalue weighted by atomic mass is 14.9. The summed E-state index contributed by atoms with van der Waals surface area (Å²) in [5.41, 5.74) is 17.4.